The average Bonchev–Trinajstić information content (AvgIpc) is 2.33. The van der Waals surface area contributed by atoms with E-state index in [-0.39, 0.29) is 18.7 Å². The van der Waals surface area contributed by atoms with Crippen molar-refractivity contribution in [3.8, 4) is 0 Å². The second kappa shape index (κ2) is 6.39. The fourth-order valence-corrected chi connectivity index (χ4v) is 1.46. The molecule has 18 heavy (non-hydrogen) atoms. The van der Waals surface area contributed by atoms with Gasteiger partial charge in [-0.3, -0.25) is 4.79 Å². The number of hydrogen-bond donors (Lipinski definition) is 2. The van der Waals surface area contributed by atoms with Gasteiger partial charge in [0, 0.05) is 19.5 Å². The van der Waals surface area contributed by atoms with Crippen LogP contribution >= 0.6 is 0 Å². The third kappa shape index (κ3) is 4.75. The van der Waals surface area contributed by atoms with Crippen molar-refractivity contribution in [3.05, 3.63) is 35.4 Å². The number of nitrogens with two attached hydrogens (primary N) is 1. The molecule has 3 N–H and O–H groups in total. The molecular weight excluding hydrogens is 245 g/mol. The number of halogens is 3. The zero-order chi connectivity index (χ0) is 13.6. The highest BCUT2D eigenvalue weighted by atomic mass is 19.4. The summed E-state index contributed by atoms with van der Waals surface area (Å²) in [6.45, 7) is 0.719. The molecule has 0 atom stereocenters. The highest BCUT2D eigenvalue weighted by Crippen LogP contribution is 2.29. The minimum atomic E-state index is -4.35. The van der Waals surface area contributed by atoms with Crippen LogP contribution in [0.4, 0.5) is 13.2 Å². The minimum absolute atomic E-state index is 0.154. The molecule has 100 valence electrons. The number of nitrogens with one attached hydrogen (secondary N) is 1. The standard InChI is InChI=1S/C12H15F3N2O/c13-12(14,15)10-3-1-2-9(8-10)4-5-11(18)17-7-6-16/h1-3,8H,4-7,16H2,(H,17,18). The molecule has 0 saturated heterocycles. The van der Waals surface area contributed by atoms with Crippen molar-refractivity contribution in [3.63, 3.8) is 0 Å². The molecule has 0 radical (unpaired) electrons. The van der Waals surface area contributed by atoms with Crippen molar-refractivity contribution in [1.82, 2.24) is 5.32 Å². The van der Waals surface area contributed by atoms with Gasteiger partial charge in [0.1, 0.15) is 0 Å². The quantitative estimate of drug-likeness (QED) is 0.846. The zero-order valence-electron chi connectivity index (χ0n) is 9.76. The lowest BCUT2D eigenvalue weighted by Gasteiger charge is -2.08. The number of benzene rings is 1. The van der Waals surface area contributed by atoms with Crippen molar-refractivity contribution < 1.29 is 18.0 Å². The van der Waals surface area contributed by atoms with Crippen LogP contribution in [0.1, 0.15) is 17.5 Å². The van der Waals surface area contributed by atoms with Crippen molar-refractivity contribution in [1.29, 1.82) is 0 Å². The summed E-state index contributed by atoms with van der Waals surface area (Å²) >= 11 is 0. The van der Waals surface area contributed by atoms with Crippen LogP contribution in [-0.4, -0.2) is 19.0 Å². The summed E-state index contributed by atoms with van der Waals surface area (Å²) in [4.78, 5) is 11.3. The molecule has 1 aromatic carbocycles. The monoisotopic (exact) mass is 260 g/mol. The van der Waals surface area contributed by atoms with E-state index in [1.165, 1.54) is 6.07 Å². The lowest BCUT2D eigenvalue weighted by molar-refractivity contribution is -0.137. The molecule has 1 amide bonds. The maximum atomic E-state index is 12.4. The number of aryl methyl sites for hydroxylation is 1. The Balaban J connectivity index is 2.55. The molecule has 1 aromatic rings. The second-order valence-electron chi connectivity index (χ2n) is 3.84. The highest BCUT2D eigenvalue weighted by molar-refractivity contribution is 5.76. The molecule has 0 fully saturated rings. The number of rotatable bonds is 5. The van der Waals surface area contributed by atoms with Crippen LogP contribution in [0.25, 0.3) is 0 Å². The Kier molecular flexibility index (Phi) is 5.15. The van der Waals surface area contributed by atoms with E-state index in [4.69, 9.17) is 5.73 Å². The van der Waals surface area contributed by atoms with Gasteiger partial charge in [0.25, 0.3) is 0 Å². The second-order valence-corrected chi connectivity index (χ2v) is 3.84. The smallest absolute Gasteiger partial charge is 0.355 e. The van der Waals surface area contributed by atoms with E-state index in [2.05, 4.69) is 5.32 Å². The minimum Gasteiger partial charge on any atom is -0.355 e. The molecular formula is C12H15F3N2O. The largest absolute Gasteiger partial charge is 0.416 e. The number of carbonyl (C=O) groups is 1. The summed E-state index contributed by atoms with van der Waals surface area (Å²) in [5, 5.41) is 2.56. The number of amides is 1. The van der Waals surface area contributed by atoms with Crippen LogP contribution in [0.5, 0.6) is 0 Å². The lowest BCUT2D eigenvalue weighted by atomic mass is 10.1. The first kappa shape index (κ1) is 14.5. The number of hydrogen-bond acceptors (Lipinski definition) is 2. The van der Waals surface area contributed by atoms with Crippen LogP contribution in [0, 0.1) is 0 Å². The van der Waals surface area contributed by atoms with Gasteiger partial charge < -0.3 is 11.1 Å². The van der Waals surface area contributed by atoms with Crippen LogP contribution in [0.2, 0.25) is 0 Å². The molecule has 0 spiro atoms. The SMILES string of the molecule is NCCNC(=O)CCc1cccc(C(F)(F)F)c1. The van der Waals surface area contributed by atoms with Gasteiger partial charge in [-0.15, -0.1) is 0 Å². The van der Waals surface area contributed by atoms with E-state index in [9.17, 15) is 18.0 Å². The van der Waals surface area contributed by atoms with E-state index in [1.807, 2.05) is 0 Å². The molecule has 0 aromatic heterocycles. The molecule has 0 aliphatic rings. The summed E-state index contributed by atoms with van der Waals surface area (Å²) in [6, 6.07) is 5.00. The van der Waals surface area contributed by atoms with E-state index in [0.717, 1.165) is 12.1 Å². The van der Waals surface area contributed by atoms with Gasteiger partial charge >= 0.3 is 6.18 Å². The molecule has 3 nitrogen and oxygen atoms in total. The third-order valence-electron chi connectivity index (χ3n) is 2.36. The first-order valence-corrected chi connectivity index (χ1v) is 5.56. The fraction of sp³-hybridized carbons (Fsp3) is 0.417. The highest BCUT2D eigenvalue weighted by Gasteiger charge is 2.30. The van der Waals surface area contributed by atoms with Crippen LogP contribution in [0.15, 0.2) is 24.3 Å². The first-order chi connectivity index (χ1) is 8.43. The Morgan fingerprint density at radius 3 is 2.67 bits per heavy atom. The first-order valence-electron chi connectivity index (χ1n) is 5.56. The molecule has 0 heterocycles. The number of alkyl halides is 3. The van der Waals surface area contributed by atoms with Gasteiger partial charge in [-0.25, -0.2) is 0 Å². The Morgan fingerprint density at radius 1 is 1.33 bits per heavy atom. The molecule has 1 rings (SSSR count). The van der Waals surface area contributed by atoms with Gasteiger partial charge in [0.05, 0.1) is 5.56 Å². The van der Waals surface area contributed by atoms with Gasteiger partial charge in [0.15, 0.2) is 0 Å². The van der Waals surface area contributed by atoms with Gasteiger partial charge in [-0.1, -0.05) is 18.2 Å². The molecule has 6 heteroatoms. The molecule has 0 bridgehead atoms. The van der Waals surface area contributed by atoms with E-state index >= 15 is 0 Å². The van der Waals surface area contributed by atoms with E-state index < -0.39 is 11.7 Å². The molecule has 0 unspecified atom stereocenters. The molecule has 0 aliphatic carbocycles. The predicted octanol–water partition coefficient (Wildman–Crippen LogP) is 1.71. The molecule has 0 aliphatic heterocycles. The Hall–Kier alpha value is -1.56. The Bertz CT molecular complexity index is 405. The van der Waals surface area contributed by atoms with Gasteiger partial charge in [0.2, 0.25) is 5.91 Å². The van der Waals surface area contributed by atoms with Crippen molar-refractivity contribution in [2.75, 3.05) is 13.1 Å². The van der Waals surface area contributed by atoms with Crippen molar-refractivity contribution in [2.45, 2.75) is 19.0 Å². The summed E-state index contributed by atoms with van der Waals surface area (Å²) in [6.07, 6.45) is -3.92. The van der Waals surface area contributed by atoms with E-state index in [1.54, 1.807) is 6.07 Å². The predicted molar refractivity (Wildman–Crippen MR) is 61.8 cm³/mol. The maximum Gasteiger partial charge on any atom is 0.416 e. The molecule has 0 saturated carbocycles. The summed E-state index contributed by atoms with van der Waals surface area (Å²) < 4.78 is 37.3. The van der Waals surface area contributed by atoms with Gasteiger partial charge in [-0.2, -0.15) is 13.2 Å². The Morgan fingerprint density at radius 2 is 2.06 bits per heavy atom. The van der Waals surface area contributed by atoms with Crippen molar-refractivity contribution in [2.24, 2.45) is 5.73 Å². The van der Waals surface area contributed by atoms with E-state index in [0.29, 0.717) is 18.7 Å². The van der Waals surface area contributed by atoms with Crippen LogP contribution < -0.4 is 11.1 Å². The summed E-state index contributed by atoms with van der Waals surface area (Å²) in [7, 11) is 0. The average molecular weight is 260 g/mol. The van der Waals surface area contributed by atoms with Crippen LogP contribution in [0.3, 0.4) is 0 Å². The lowest BCUT2D eigenvalue weighted by Crippen LogP contribution is -2.29. The normalized spacial score (nSPS) is 11.3. The topological polar surface area (TPSA) is 55.1 Å². The van der Waals surface area contributed by atoms with Gasteiger partial charge in [-0.05, 0) is 18.1 Å². The van der Waals surface area contributed by atoms with Crippen LogP contribution in [-0.2, 0) is 17.4 Å². The zero-order valence-corrected chi connectivity index (χ0v) is 9.76. The summed E-state index contributed by atoms with van der Waals surface area (Å²) in [5.41, 5.74) is 5.01. The third-order valence-corrected chi connectivity index (χ3v) is 2.36. The fourth-order valence-electron chi connectivity index (χ4n) is 1.46. The number of carbonyl (C=O) groups excluding carboxylic acids is 1. The Labute approximate surface area is 103 Å². The van der Waals surface area contributed by atoms with Crippen molar-refractivity contribution >= 4 is 5.91 Å². The maximum absolute atomic E-state index is 12.4. The summed E-state index contributed by atoms with van der Waals surface area (Å²) in [5.74, 6) is -0.210.